The van der Waals surface area contributed by atoms with Crippen molar-refractivity contribution in [1.82, 2.24) is 9.78 Å². The summed E-state index contributed by atoms with van der Waals surface area (Å²) in [6.45, 7) is 2.87. The number of anilines is 1. The van der Waals surface area contributed by atoms with E-state index in [0.717, 1.165) is 16.9 Å². The Morgan fingerprint density at radius 3 is 2.66 bits per heavy atom. The van der Waals surface area contributed by atoms with Gasteiger partial charge in [0.15, 0.2) is 11.6 Å². The van der Waals surface area contributed by atoms with Gasteiger partial charge in [-0.3, -0.25) is 9.48 Å². The molecule has 2 aromatic heterocycles. The number of ether oxygens (including phenoxy) is 1. The number of benzene rings is 2. The third kappa shape index (κ3) is 4.73. The molecular weight excluding hydrogens is 366 g/mol. The van der Waals surface area contributed by atoms with E-state index in [4.69, 9.17) is 9.15 Å². The summed E-state index contributed by atoms with van der Waals surface area (Å²) in [6, 6.07) is 22.9. The average Bonchev–Trinajstić information content (AvgIpc) is 3.38. The monoisotopic (exact) mass is 387 g/mol. The number of nitrogens with zero attached hydrogens (tertiary/aromatic N) is 2. The number of para-hydroxylation sites is 1. The second kappa shape index (κ2) is 8.48. The van der Waals surface area contributed by atoms with E-state index in [0.29, 0.717) is 18.1 Å². The highest BCUT2D eigenvalue weighted by atomic mass is 16.5. The van der Waals surface area contributed by atoms with Gasteiger partial charge in [0.2, 0.25) is 0 Å². The van der Waals surface area contributed by atoms with Crippen LogP contribution in [0.15, 0.2) is 83.4 Å². The predicted molar refractivity (Wildman–Crippen MR) is 110 cm³/mol. The summed E-state index contributed by atoms with van der Waals surface area (Å²) in [4.78, 5) is 12.4. The topological polar surface area (TPSA) is 69.3 Å². The minimum absolute atomic E-state index is 0.214. The van der Waals surface area contributed by atoms with Gasteiger partial charge in [-0.2, -0.15) is 5.10 Å². The second-order valence-corrected chi connectivity index (χ2v) is 6.66. The van der Waals surface area contributed by atoms with Crippen LogP contribution in [0.1, 0.15) is 27.4 Å². The van der Waals surface area contributed by atoms with E-state index in [9.17, 15) is 4.79 Å². The van der Waals surface area contributed by atoms with Crippen molar-refractivity contribution < 1.29 is 13.9 Å². The SMILES string of the molecule is Cc1ccccc1OCc1ccc(C(=O)Nc2ccn(Cc3ccccc3)n2)o1. The molecule has 0 unspecified atom stereocenters. The summed E-state index contributed by atoms with van der Waals surface area (Å²) in [5, 5.41) is 7.14. The number of hydrogen-bond acceptors (Lipinski definition) is 4. The first-order valence-corrected chi connectivity index (χ1v) is 9.33. The Hall–Kier alpha value is -3.80. The van der Waals surface area contributed by atoms with E-state index < -0.39 is 0 Å². The standard InChI is InChI=1S/C23H21N3O3/c1-17-7-5-6-10-20(17)28-16-19-11-12-21(29-19)23(27)24-22-13-14-26(25-22)15-18-8-3-2-4-9-18/h2-14H,15-16H2,1H3,(H,24,25,27). The Morgan fingerprint density at radius 1 is 1.03 bits per heavy atom. The highest BCUT2D eigenvalue weighted by Crippen LogP contribution is 2.19. The molecule has 1 amide bonds. The summed E-state index contributed by atoms with van der Waals surface area (Å²) in [7, 11) is 0. The second-order valence-electron chi connectivity index (χ2n) is 6.66. The van der Waals surface area contributed by atoms with Gasteiger partial charge in [-0.1, -0.05) is 48.5 Å². The summed E-state index contributed by atoms with van der Waals surface area (Å²) in [5.74, 6) is 1.70. The van der Waals surface area contributed by atoms with Crippen LogP contribution in [0.25, 0.3) is 0 Å². The van der Waals surface area contributed by atoms with Crippen molar-refractivity contribution in [3.63, 3.8) is 0 Å². The fraction of sp³-hybridized carbons (Fsp3) is 0.130. The molecule has 0 saturated carbocycles. The van der Waals surface area contributed by atoms with Gasteiger partial charge in [0, 0.05) is 12.3 Å². The highest BCUT2D eigenvalue weighted by molar-refractivity contribution is 6.01. The van der Waals surface area contributed by atoms with Gasteiger partial charge in [0.25, 0.3) is 5.91 Å². The van der Waals surface area contributed by atoms with Gasteiger partial charge < -0.3 is 14.5 Å². The number of carbonyl (C=O) groups is 1. The van der Waals surface area contributed by atoms with Crippen molar-refractivity contribution in [3.8, 4) is 5.75 Å². The van der Waals surface area contributed by atoms with Crippen molar-refractivity contribution in [2.24, 2.45) is 0 Å². The first kappa shape index (κ1) is 18.6. The van der Waals surface area contributed by atoms with Crippen molar-refractivity contribution >= 4 is 11.7 Å². The molecule has 4 aromatic rings. The fourth-order valence-corrected chi connectivity index (χ4v) is 2.91. The molecule has 0 aliphatic heterocycles. The van der Waals surface area contributed by atoms with Crippen LogP contribution in [0.2, 0.25) is 0 Å². The van der Waals surface area contributed by atoms with Crippen LogP contribution in [0.3, 0.4) is 0 Å². The molecule has 0 aliphatic carbocycles. The molecule has 6 heteroatoms. The molecular formula is C23H21N3O3. The number of furan rings is 1. The molecule has 0 aliphatic rings. The van der Waals surface area contributed by atoms with E-state index >= 15 is 0 Å². The Bertz CT molecular complexity index is 1100. The van der Waals surface area contributed by atoms with Crippen LogP contribution in [-0.4, -0.2) is 15.7 Å². The molecule has 0 radical (unpaired) electrons. The van der Waals surface area contributed by atoms with E-state index in [1.807, 2.05) is 67.7 Å². The van der Waals surface area contributed by atoms with Gasteiger partial charge >= 0.3 is 0 Å². The number of rotatable bonds is 7. The summed E-state index contributed by atoms with van der Waals surface area (Å²) < 4.78 is 13.1. The molecule has 29 heavy (non-hydrogen) atoms. The number of amides is 1. The lowest BCUT2D eigenvalue weighted by atomic mass is 10.2. The first-order valence-electron chi connectivity index (χ1n) is 9.33. The highest BCUT2D eigenvalue weighted by Gasteiger charge is 2.13. The maximum absolute atomic E-state index is 12.4. The molecule has 0 saturated heterocycles. The lowest BCUT2D eigenvalue weighted by Crippen LogP contribution is -2.12. The largest absolute Gasteiger partial charge is 0.485 e. The number of hydrogen-bond donors (Lipinski definition) is 1. The number of aryl methyl sites for hydroxylation is 1. The molecule has 146 valence electrons. The smallest absolute Gasteiger partial charge is 0.292 e. The van der Waals surface area contributed by atoms with Crippen LogP contribution in [0.5, 0.6) is 5.75 Å². The van der Waals surface area contributed by atoms with Gasteiger partial charge in [-0.15, -0.1) is 0 Å². The Morgan fingerprint density at radius 2 is 1.83 bits per heavy atom. The molecule has 0 fully saturated rings. The predicted octanol–water partition coefficient (Wildman–Crippen LogP) is 4.66. The van der Waals surface area contributed by atoms with E-state index in [1.54, 1.807) is 22.9 Å². The van der Waals surface area contributed by atoms with Crippen LogP contribution >= 0.6 is 0 Å². The third-order valence-electron chi connectivity index (χ3n) is 4.42. The van der Waals surface area contributed by atoms with Crippen LogP contribution in [0, 0.1) is 6.92 Å². The first-order chi connectivity index (χ1) is 14.2. The fourth-order valence-electron chi connectivity index (χ4n) is 2.91. The number of nitrogens with one attached hydrogen (secondary N) is 1. The van der Waals surface area contributed by atoms with E-state index in [-0.39, 0.29) is 18.3 Å². The summed E-state index contributed by atoms with van der Waals surface area (Å²) >= 11 is 0. The normalized spacial score (nSPS) is 10.7. The van der Waals surface area contributed by atoms with Gasteiger partial charge in [0.1, 0.15) is 18.1 Å². The Labute approximate surface area is 168 Å². The van der Waals surface area contributed by atoms with Crippen molar-refractivity contribution in [2.75, 3.05) is 5.32 Å². The molecule has 0 spiro atoms. The van der Waals surface area contributed by atoms with Gasteiger partial charge in [0.05, 0.1) is 6.54 Å². The minimum atomic E-state index is -0.350. The number of aromatic nitrogens is 2. The number of carbonyl (C=O) groups excluding carboxylic acids is 1. The maximum atomic E-state index is 12.4. The summed E-state index contributed by atoms with van der Waals surface area (Å²) in [6.07, 6.45) is 1.83. The van der Waals surface area contributed by atoms with Crippen molar-refractivity contribution in [1.29, 1.82) is 0 Å². The van der Waals surface area contributed by atoms with E-state index in [1.165, 1.54) is 0 Å². The molecule has 0 bridgehead atoms. The molecule has 1 N–H and O–H groups in total. The molecule has 2 heterocycles. The zero-order valence-corrected chi connectivity index (χ0v) is 16.0. The summed E-state index contributed by atoms with van der Waals surface area (Å²) in [5.41, 5.74) is 2.18. The zero-order valence-electron chi connectivity index (χ0n) is 16.0. The third-order valence-corrected chi connectivity index (χ3v) is 4.42. The van der Waals surface area contributed by atoms with Crippen LogP contribution in [-0.2, 0) is 13.2 Å². The van der Waals surface area contributed by atoms with Crippen LogP contribution < -0.4 is 10.1 Å². The zero-order chi connectivity index (χ0) is 20.1. The van der Waals surface area contributed by atoms with Crippen LogP contribution in [0.4, 0.5) is 5.82 Å². The molecule has 4 rings (SSSR count). The quantitative estimate of drug-likeness (QED) is 0.501. The van der Waals surface area contributed by atoms with Gasteiger partial charge in [-0.25, -0.2) is 0 Å². The lowest BCUT2D eigenvalue weighted by Gasteiger charge is -2.06. The maximum Gasteiger partial charge on any atom is 0.292 e. The Balaban J connectivity index is 1.34. The molecule has 2 aromatic carbocycles. The van der Waals surface area contributed by atoms with E-state index in [2.05, 4.69) is 10.4 Å². The van der Waals surface area contributed by atoms with Crippen molar-refractivity contribution in [3.05, 3.63) is 102 Å². The average molecular weight is 387 g/mol. The van der Waals surface area contributed by atoms with Gasteiger partial charge in [-0.05, 0) is 36.2 Å². The molecule has 6 nitrogen and oxygen atoms in total. The lowest BCUT2D eigenvalue weighted by molar-refractivity contribution is 0.0992. The minimum Gasteiger partial charge on any atom is -0.485 e. The van der Waals surface area contributed by atoms with Crippen molar-refractivity contribution in [2.45, 2.75) is 20.1 Å². The Kier molecular flexibility index (Phi) is 5.42. The molecule has 0 atom stereocenters.